The van der Waals surface area contributed by atoms with Crippen molar-refractivity contribution in [2.24, 2.45) is 11.1 Å². The fourth-order valence-electron chi connectivity index (χ4n) is 4.16. The highest BCUT2D eigenvalue weighted by Gasteiger charge is 2.33. The van der Waals surface area contributed by atoms with Gasteiger partial charge in [0.05, 0.1) is 11.3 Å². The first-order valence-electron chi connectivity index (χ1n) is 9.52. The zero-order chi connectivity index (χ0) is 17.7. The van der Waals surface area contributed by atoms with Crippen LogP contribution in [0.3, 0.4) is 0 Å². The van der Waals surface area contributed by atoms with Crippen LogP contribution >= 0.6 is 0 Å². The highest BCUT2D eigenvalue weighted by Crippen LogP contribution is 2.38. The Bertz CT molecular complexity index is 617. The fourth-order valence-corrected chi connectivity index (χ4v) is 4.16. The Morgan fingerprint density at radius 1 is 1.04 bits per heavy atom. The number of benzene rings is 1. The zero-order valence-corrected chi connectivity index (χ0v) is 14.9. The van der Waals surface area contributed by atoms with E-state index in [1.165, 1.54) is 6.42 Å². The molecule has 2 amide bonds. The summed E-state index contributed by atoms with van der Waals surface area (Å²) in [5.41, 5.74) is 7.13. The third kappa shape index (κ3) is 4.21. The average molecular weight is 343 g/mol. The summed E-state index contributed by atoms with van der Waals surface area (Å²) in [6.07, 6.45) is 8.12. The largest absolute Gasteiger partial charge is 0.339 e. The number of anilines is 1. The molecule has 136 valence electrons. The standard InChI is InChI=1S/C20H29N3O2/c21-15-20(10-4-1-5-11-20)14-18(24)22-17-9-3-2-8-16(17)19(25)23-12-6-7-13-23/h2-3,8-9H,1,4-7,10-15,21H2,(H,22,24). The number of carbonyl (C=O) groups is 2. The molecular weight excluding hydrogens is 314 g/mol. The van der Waals surface area contributed by atoms with Gasteiger partial charge in [0.1, 0.15) is 0 Å². The van der Waals surface area contributed by atoms with Gasteiger partial charge >= 0.3 is 0 Å². The van der Waals surface area contributed by atoms with Crippen LogP contribution in [0.4, 0.5) is 5.69 Å². The molecule has 3 N–H and O–H groups in total. The summed E-state index contributed by atoms with van der Waals surface area (Å²) in [5, 5.41) is 2.98. The van der Waals surface area contributed by atoms with Gasteiger partial charge in [-0.25, -0.2) is 0 Å². The summed E-state index contributed by atoms with van der Waals surface area (Å²) in [7, 11) is 0. The van der Waals surface area contributed by atoms with Crippen LogP contribution in [0.2, 0.25) is 0 Å². The first kappa shape index (κ1) is 17.9. The van der Waals surface area contributed by atoms with Gasteiger partial charge in [0, 0.05) is 19.5 Å². The summed E-state index contributed by atoms with van der Waals surface area (Å²) < 4.78 is 0. The lowest BCUT2D eigenvalue weighted by atomic mass is 9.71. The molecule has 5 heteroatoms. The van der Waals surface area contributed by atoms with Crippen LogP contribution < -0.4 is 11.1 Å². The van der Waals surface area contributed by atoms with Crippen LogP contribution in [-0.4, -0.2) is 36.3 Å². The number of para-hydroxylation sites is 1. The van der Waals surface area contributed by atoms with Crippen LogP contribution in [0.5, 0.6) is 0 Å². The van der Waals surface area contributed by atoms with E-state index in [-0.39, 0.29) is 17.2 Å². The molecule has 0 radical (unpaired) electrons. The molecule has 5 nitrogen and oxygen atoms in total. The van der Waals surface area contributed by atoms with Gasteiger partial charge in [0.15, 0.2) is 0 Å². The molecule has 0 atom stereocenters. The van der Waals surface area contributed by atoms with Crippen molar-refractivity contribution in [3.8, 4) is 0 Å². The molecule has 2 aliphatic rings. The van der Waals surface area contributed by atoms with Crippen LogP contribution in [0.25, 0.3) is 0 Å². The first-order valence-corrected chi connectivity index (χ1v) is 9.52. The maximum absolute atomic E-state index is 12.7. The van der Waals surface area contributed by atoms with Crippen molar-refractivity contribution in [1.82, 2.24) is 4.90 Å². The van der Waals surface area contributed by atoms with E-state index in [1.54, 1.807) is 6.07 Å². The second-order valence-corrected chi connectivity index (χ2v) is 7.53. The van der Waals surface area contributed by atoms with Crippen molar-refractivity contribution < 1.29 is 9.59 Å². The number of amides is 2. The van der Waals surface area contributed by atoms with Gasteiger partial charge in [-0.2, -0.15) is 0 Å². The van der Waals surface area contributed by atoms with E-state index >= 15 is 0 Å². The van der Waals surface area contributed by atoms with Gasteiger partial charge < -0.3 is 16.0 Å². The number of hydrogen-bond donors (Lipinski definition) is 2. The molecule has 1 saturated heterocycles. The number of rotatable bonds is 5. The number of hydrogen-bond acceptors (Lipinski definition) is 3. The smallest absolute Gasteiger partial charge is 0.255 e. The minimum absolute atomic E-state index is 0.0135. The molecule has 0 unspecified atom stereocenters. The third-order valence-corrected chi connectivity index (χ3v) is 5.71. The number of likely N-dealkylation sites (tertiary alicyclic amines) is 1. The van der Waals surface area contributed by atoms with Gasteiger partial charge in [0.2, 0.25) is 5.91 Å². The second kappa shape index (κ2) is 8.00. The van der Waals surface area contributed by atoms with Crippen molar-refractivity contribution in [3.05, 3.63) is 29.8 Å². The van der Waals surface area contributed by atoms with Crippen molar-refractivity contribution in [3.63, 3.8) is 0 Å². The number of nitrogens with two attached hydrogens (primary N) is 1. The summed E-state index contributed by atoms with van der Waals surface area (Å²) >= 11 is 0. The van der Waals surface area contributed by atoms with E-state index in [9.17, 15) is 9.59 Å². The monoisotopic (exact) mass is 343 g/mol. The number of nitrogens with one attached hydrogen (secondary N) is 1. The van der Waals surface area contributed by atoms with E-state index in [0.29, 0.717) is 24.2 Å². The third-order valence-electron chi connectivity index (χ3n) is 5.71. The molecule has 1 heterocycles. The van der Waals surface area contributed by atoms with Crippen molar-refractivity contribution in [1.29, 1.82) is 0 Å². The van der Waals surface area contributed by atoms with Crippen LogP contribution in [-0.2, 0) is 4.79 Å². The predicted molar refractivity (Wildman–Crippen MR) is 99.4 cm³/mol. The Hall–Kier alpha value is -1.88. The molecule has 1 aromatic carbocycles. The van der Waals surface area contributed by atoms with Crippen molar-refractivity contribution in [2.75, 3.05) is 25.0 Å². The van der Waals surface area contributed by atoms with Crippen LogP contribution in [0.15, 0.2) is 24.3 Å². The lowest BCUT2D eigenvalue weighted by Crippen LogP contribution is -2.36. The van der Waals surface area contributed by atoms with E-state index in [0.717, 1.165) is 51.6 Å². The maximum atomic E-state index is 12.7. The maximum Gasteiger partial charge on any atom is 0.255 e. The van der Waals surface area contributed by atoms with Gasteiger partial charge in [0.25, 0.3) is 5.91 Å². The molecule has 1 aliphatic carbocycles. The average Bonchev–Trinajstić information content (AvgIpc) is 3.17. The van der Waals surface area contributed by atoms with Gasteiger partial charge in [-0.3, -0.25) is 9.59 Å². The predicted octanol–water partition coefficient (Wildman–Crippen LogP) is 3.16. The Kier molecular flexibility index (Phi) is 5.74. The molecule has 25 heavy (non-hydrogen) atoms. The van der Waals surface area contributed by atoms with Gasteiger partial charge in [-0.1, -0.05) is 31.4 Å². The summed E-state index contributed by atoms with van der Waals surface area (Å²) in [5.74, 6) is -0.0198. The fraction of sp³-hybridized carbons (Fsp3) is 0.600. The summed E-state index contributed by atoms with van der Waals surface area (Å²) in [4.78, 5) is 27.2. The Labute approximate surface area is 150 Å². The minimum atomic E-state index is -0.0732. The molecule has 1 aromatic rings. The molecule has 1 aliphatic heterocycles. The summed E-state index contributed by atoms with van der Waals surface area (Å²) in [6, 6.07) is 7.32. The van der Waals surface area contributed by atoms with E-state index in [1.807, 2.05) is 23.1 Å². The Balaban J connectivity index is 1.69. The number of carbonyl (C=O) groups excluding carboxylic acids is 2. The van der Waals surface area contributed by atoms with E-state index in [2.05, 4.69) is 5.32 Å². The zero-order valence-electron chi connectivity index (χ0n) is 14.9. The summed E-state index contributed by atoms with van der Waals surface area (Å²) in [6.45, 7) is 2.16. The van der Waals surface area contributed by atoms with Gasteiger partial charge in [-0.05, 0) is 49.8 Å². The molecule has 0 spiro atoms. The molecule has 0 aromatic heterocycles. The lowest BCUT2D eigenvalue weighted by Gasteiger charge is -2.35. The topological polar surface area (TPSA) is 75.4 Å². The SMILES string of the molecule is NCC1(CC(=O)Nc2ccccc2C(=O)N2CCCC2)CCCCC1. The molecule has 2 fully saturated rings. The molecule has 3 rings (SSSR count). The Morgan fingerprint density at radius 2 is 1.72 bits per heavy atom. The number of nitrogens with zero attached hydrogens (tertiary/aromatic N) is 1. The molecule has 1 saturated carbocycles. The quantitative estimate of drug-likeness (QED) is 0.862. The molecular formula is C20H29N3O2. The van der Waals surface area contributed by atoms with Crippen molar-refractivity contribution in [2.45, 2.75) is 51.4 Å². The van der Waals surface area contributed by atoms with Crippen LogP contribution in [0, 0.1) is 5.41 Å². The van der Waals surface area contributed by atoms with E-state index in [4.69, 9.17) is 5.73 Å². The highest BCUT2D eigenvalue weighted by molar-refractivity contribution is 6.03. The molecule has 0 bridgehead atoms. The van der Waals surface area contributed by atoms with Crippen molar-refractivity contribution >= 4 is 17.5 Å². The van der Waals surface area contributed by atoms with Gasteiger partial charge in [-0.15, -0.1) is 0 Å². The lowest BCUT2D eigenvalue weighted by molar-refractivity contribution is -0.118. The van der Waals surface area contributed by atoms with E-state index < -0.39 is 0 Å². The Morgan fingerprint density at radius 3 is 2.40 bits per heavy atom. The van der Waals surface area contributed by atoms with Crippen LogP contribution in [0.1, 0.15) is 61.7 Å². The highest BCUT2D eigenvalue weighted by atomic mass is 16.2. The normalized spacial score (nSPS) is 19.6. The first-order chi connectivity index (χ1) is 12.1. The second-order valence-electron chi connectivity index (χ2n) is 7.53. The minimum Gasteiger partial charge on any atom is -0.339 e.